The van der Waals surface area contributed by atoms with Gasteiger partial charge >= 0.3 is 0 Å². The summed E-state index contributed by atoms with van der Waals surface area (Å²) in [6.07, 6.45) is 3.55. The molecule has 0 unspecified atom stereocenters. The van der Waals surface area contributed by atoms with Crippen molar-refractivity contribution in [2.24, 2.45) is 7.05 Å². The van der Waals surface area contributed by atoms with Crippen molar-refractivity contribution in [1.82, 2.24) is 9.78 Å². The van der Waals surface area contributed by atoms with Gasteiger partial charge in [-0.05, 0) is 30.5 Å². The van der Waals surface area contributed by atoms with Crippen molar-refractivity contribution in [2.45, 2.75) is 4.90 Å². The minimum Gasteiger partial charge on any atom is -0.493 e. The molecule has 94 valence electrons. The number of aromatic nitrogens is 2. The fraction of sp³-hybridized carbons (Fsp3) is 0.231. The number of thioether (sulfide) groups is 1. The molecule has 4 nitrogen and oxygen atoms in total. The minimum atomic E-state index is -0.0838. The third kappa shape index (κ3) is 2.26. The van der Waals surface area contributed by atoms with Crippen LogP contribution >= 0.6 is 11.8 Å². The second-order valence-electron chi connectivity index (χ2n) is 3.74. The average molecular weight is 262 g/mol. The first-order valence-electron chi connectivity index (χ1n) is 5.42. The highest BCUT2D eigenvalue weighted by atomic mass is 32.2. The van der Waals surface area contributed by atoms with Gasteiger partial charge in [0.15, 0.2) is 11.4 Å². The van der Waals surface area contributed by atoms with Crippen molar-refractivity contribution in [3.63, 3.8) is 0 Å². The van der Waals surface area contributed by atoms with Gasteiger partial charge in [-0.1, -0.05) is 0 Å². The normalized spacial score (nSPS) is 10.4. The van der Waals surface area contributed by atoms with Gasteiger partial charge in [0.05, 0.1) is 13.3 Å². The van der Waals surface area contributed by atoms with Crippen LogP contribution in [0.2, 0.25) is 0 Å². The highest BCUT2D eigenvalue weighted by molar-refractivity contribution is 7.98. The SMILES string of the molecule is COc1cnn(C)c1C(=O)c1ccc(SC)cc1. The number of rotatable bonds is 4. The summed E-state index contributed by atoms with van der Waals surface area (Å²) >= 11 is 1.64. The molecule has 0 bridgehead atoms. The summed E-state index contributed by atoms with van der Waals surface area (Å²) in [5, 5.41) is 4.03. The van der Waals surface area contributed by atoms with E-state index in [0.29, 0.717) is 17.0 Å². The lowest BCUT2D eigenvalue weighted by Crippen LogP contribution is -2.09. The lowest BCUT2D eigenvalue weighted by molar-refractivity contribution is 0.102. The van der Waals surface area contributed by atoms with Crippen LogP contribution in [-0.2, 0) is 7.05 Å². The Labute approximate surface area is 110 Å². The van der Waals surface area contributed by atoms with E-state index in [1.165, 1.54) is 11.8 Å². The molecule has 0 saturated heterocycles. The Hall–Kier alpha value is -1.75. The summed E-state index contributed by atoms with van der Waals surface area (Å²) in [5.41, 5.74) is 1.10. The first-order chi connectivity index (χ1) is 8.67. The second-order valence-corrected chi connectivity index (χ2v) is 4.62. The average Bonchev–Trinajstić information content (AvgIpc) is 2.79. The maximum absolute atomic E-state index is 12.4. The van der Waals surface area contributed by atoms with Gasteiger partial charge < -0.3 is 4.74 Å². The molecule has 18 heavy (non-hydrogen) atoms. The molecule has 0 N–H and O–H groups in total. The maximum atomic E-state index is 12.4. The number of hydrogen-bond acceptors (Lipinski definition) is 4. The van der Waals surface area contributed by atoms with Crippen LogP contribution in [0.3, 0.4) is 0 Å². The van der Waals surface area contributed by atoms with Crippen molar-refractivity contribution in [3.05, 3.63) is 41.7 Å². The number of carbonyl (C=O) groups excluding carboxylic acids is 1. The summed E-state index contributed by atoms with van der Waals surface area (Å²) in [6.45, 7) is 0. The van der Waals surface area contributed by atoms with Crippen molar-refractivity contribution in [3.8, 4) is 5.75 Å². The molecular formula is C13H14N2O2S. The molecule has 0 radical (unpaired) electrons. The first-order valence-corrected chi connectivity index (χ1v) is 6.64. The highest BCUT2D eigenvalue weighted by Gasteiger charge is 2.19. The smallest absolute Gasteiger partial charge is 0.214 e. The van der Waals surface area contributed by atoms with Crippen LogP contribution in [0.1, 0.15) is 16.1 Å². The van der Waals surface area contributed by atoms with Gasteiger partial charge in [-0.2, -0.15) is 5.10 Å². The zero-order valence-corrected chi connectivity index (χ0v) is 11.3. The number of hydrogen-bond donors (Lipinski definition) is 0. The Morgan fingerprint density at radius 3 is 2.56 bits per heavy atom. The predicted molar refractivity (Wildman–Crippen MR) is 71.4 cm³/mol. The minimum absolute atomic E-state index is 0.0838. The summed E-state index contributed by atoms with van der Waals surface area (Å²) in [7, 11) is 3.26. The van der Waals surface area contributed by atoms with Crippen molar-refractivity contribution in [1.29, 1.82) is 0 Å². The fourth-order valence-corrected chi connectivity index (χ4v) is 2.11. The van der Waals surface area contributed by atoms with E-state index in [1.54, 1.807) is 25.0 Å². The molecule has 1 aromatic heterocycles. The molecule has 0 aliphatic rings. The highest BCUT2D eigenvalue weighted by Crippen LogP contribution is 2.22. The topological polar surface area (TPSA) is 44.1 Å². The van der Waals surface area contributed by atoms with E-state index in [4.69, 9.17) is 4.74 Å². The molecule has 0 amide bonds. The van der Waals surface area contributed by atoms with E-state index in [2.05, 4.69) is 5.10 Å². The number of nitrogens with zero attached hydrogens (tertiary/aromatic N) is 2. The van der Waals surface area contributed by atoms with Gasteiger partial charge in [0.2, 0.25) is 5.78 Å². The molecule has 0 atom stereocenters. The fourth-order valence-electron chi connectivity index (χ4n) is 1.70. The van der Waals surface area contributed by atoms with Crippen LogP contribution in [0.4, 0.5) is 0 Å². The molecule has 0 saturated carbocycles. The maximum Gasteiger partial charge on any atom is 0.214 e. The number of ketones is 1. The number of aryl methyl sites for hydroxylation is 1. The van der Waals surface area contributed by atoms with Gasteiger partial charge in [0.25, 0.3) is 0 Å². The van der Waals surface area contributed by atoms with E-state index in [-0.39, 0.29) is 5.78 Å². The van der Waals surface area contributed by atoms with E-state index in [0.717, 1.165) is 4.90 Å². The number of carbonyl (C=O) groups is 1. The molecule has 0 spiro atoms. The third-order valence-electron chi connectivity index (χ3n) is 2.69. The Bertz CT molecular complexity index is 561. The summed E-state index contributed by atoms with van der Waals surface area (Å²) in [6, 6.07) is 7.50. The number of ether oxygens (including phenoxy) is 1. The van der Waals surface area contributed by atoms with Crippen molar-refractivity contribution < 1.29 is 9.53 Å². The van der Waals surface area contributed by atoms with Gasteiger partial charge in [-0.3, -0.25) is 9.48 Å². The number of benzene rings is 1. The van der Waals surface area contributed by atoms with E-state index >= 15 is 0 Å². The van der Waals surface area contributed by atoms with E-state index in [9.17, 15) is 4.79 Å². The van der Waals surface area contributed by atoms with Crippen LogP contribution in [0.5, 0.6) is 5.75 Å². The van der Waals surface area contributed by atoms with Gasteiger partial charge in [-0.15, -0.1) is 11.8 Å². The predicted octanol–water partition coefficient (Wildman–Crippen LogP) is 2.38. The molecule has 2 aromatic rings. The lowest BCUT2D eigenvalue weighted by Gasteiger charge is -2.05. The van der Waals surface area contributed by atoms with Crippen LogP contribution in [-0.4, -0.2) is 28.9 Å². The zero-order valence-electron chi connectivity index (χ0n) is 10.5. The summed E-state index contributed by atoms with van der Waals surface area (Å²) in [4.78, 5) is 13.5. The standard InChI is InChI=1S/C13H14N2O2S/c1-15-12(11(17-2)8-14-15)13(16)9-4-6-10(18-3)7-5-9/h4-8H,1-3H3. The van der Waals surface area contributed by atoms with Crippen molar-refractivity contribution in [2.75, 3.05) is 13.4 Å². The molecular weight excluding hydrogens is 248 g/mol. The molecule has 5 heteroatoms. The third-order valence-corrected chi connectivity index (χ3v) is 3.44. The van der Waals surface area contributed by atoms with Crippen LogP contribution in [0, 0.1) is 0 Å². The quantitative estimate of drug-likeness (QED) is 0.627. The Balaban J connectivity index is 2.38. The number of methoxy groups -OCH3 is 1. The Morgan fingerprint density at radius 1 is 1.33 bits per heavy atom. The van der Waals surface area contributed by atoms with E-state index in [1.807, 2.05) is 30.5 Å². The summed E-state index contributed by atoms with van der Waals surface area (Å²) in [5.74, 6) is 0.413. The van der Waals surface area contributed by atoms with Gasteiger partial charge in [0.1, 0.15) is 0 Å². The molecule has 1 heterocycles. The first kappa shape index (κ1) is 12.7. The van der Waals surface area contributed by atoms with Crippen molar-refractivity contribution >= 4 is 17.5 Å². The monoisotopic (exact) mass is 262 g/mol. The molecule has 1 aromatic carbocycles. The van der Waals surface area contributed by atoms with Crippen LogP contribution in [0.25, 0.3) is 0 Å². The Kier molecular flexibility index (Phi) is 3.72. The van der Waals surface area contributed by atoms with Crippen LogP contribution in [0.15, 0.2) is 35.4 Å². The van der Waals surface area contributed by atoms with Crippen LogP contribution < -0.4 is 4.74 Å². The molecule has 2 rings (SSSR count). The van der Waals surface area contributed by atoms with Gasteiger partial charge in [-0.25, -0.2) is 0 Å². The molecule has 0 aliphatic heterocycles. The second kappa shape index (κ2) is 5.27. The molecule has 0 aliphatic carbocycles. The Morgan fingerprint density at radius 2 is 2.00 bits per heavy atom. The zero-order chi connectivity index (χ0) is 13.1. The molecule has 0 fully saturated rings. The van der Waals surface area contributed by atoms with E-state index < -0.39 is 0 Å². The van der Waals surface area contributed by atoms with Gasteiger partial charge in [0, 0.05) is 17.5 Å². The summed E-state index contributed by atoms with van der Waals surface area (Å²) < 4.78 is 6.68. The largest absolute Gasteiger partial charge is 0.493 e. The lowest BCUT2D eigenvalue weighted by atomic mass is 10.1.